The maximum atomic E-state index is 12.9. The third-order valence-corrected chi connectivity index (χ3v) is 4.83. The second-order valence-corrected chi connectivity index (χ2v) is 6.65. The normalized spacial score (nSPS) is 24.3. The molecule has 1 amide bonds. The van der Waals surface area contributed by atoms with Gasteiger partial charge in [-0.15, -0.1) is 0 Å². The second-order valence-electron chi connectivity index (χ2n) is 4.98. The summed E-state index contributed by atoms with van der Waals surface area (Å²) in [6, 6.07) is 6.03. The Morgan fingerprint density at radius 1 is 1.43 bits per heavy atom. The molecule has 3 nitrogen and oxygen atoms in total. The Kier molecular flexibility index (Phi) is 4.37. The van der Waals surface area contributed by atoms with Crippen LogP contribution in [0.15, 0.2) is 29.2 Å². The van der Waals surface area contributed by atoms with Crippen molar-refractivity contribution in [2.45, 2.75) is 18.9 Å². The van der Waals surface area contributed by atoms with Gasteiger partial charge in [0.25, 0.3) is 5.91 Å². The molecule has 1 aromatic carbocycles. The molecule has 0 radical (unpaired) electrons. The zero-order chi connectivity index (χ0) is 14.8. The van der Waals surface area contributed by atoms with Crippen LogP contribution in [0.3, 0.4) is 0 Å². The van der Waals surface area contributed by atoms with Crippen LogP contribution < -0.4 is 0 Å². The minimum Gasteiger partial charge on any atom is -0.376 e. The van der Waals surface area contributed by atoms with Gasteiger partial charge < -0.3 is 4.74 Å². The van der Waals surface area contributed by atoms with Gasteiger partial charge in [0.15, 0.2) is 0 Å². The molecule has 0 N–H and O–H groups in total. The standard InChI is InChI=1S/C15H14FNO2S2/c16-11-5-3-10(4-6-11)8-13-14(18)17(15(20)21-13)9-12-2-1-7-19-12/h3-6,8,12H,1-2,7,9H2/b13-8+/t12-/m1/s1. The van der Waals surface area contributed by atoms with Crippen LogP contribution in [0.25, 0.3) is 6.08 Å². The SMILES string of the molecule is O=C1/C(=C\c2ccc(F)cc2)SC(=S)N1C[C@H]1CCCO1. The fourth-order valence-corrected chi connectivity index (χ4v) is 3.63. The largest absolute Gasteiger partial charge is 0.376 e. The summed E-state index contributed by atoms with van der Waals surface area (Å²) in [5.74, 6) is -0.386. The number of benzene rings is 1. The van der Waals surface area contributed by atoms with Crippen molar-refractivity contribution in [3.63, 3.8) is 0 Å². The third-order valence-electron chi connectivity index (χ3n) is 3.45. The van der Waals surface area contributed by atoms with Crippen LogP contribution >= 0.6 is 24.0 Å². The molecule has 2 heterocycles. The first-order valence-electron chi connectivity index (χ1n) is 6.76. The predicted octanol–water partition coefficient (Wildman–Crippen LogP) is 3.21. The molecular formula is C15H14FNO2S2. The molecule has 110 valence electrons. The molecule has 2 saturated heterocycles. The third kappa shape index (κ3) is 3.33. The summed E-state index contributed by atoms with van der Waals surface area (Å²) >= 11 is 6.56. The fourth-order valence-electron chi connectivity index (χ4n) is 2.36. The Labute approximate surface area is 132 Å². The number of carbonyl (C=O) groups is 1. The van der Waals surface area contributed by atoms with E-state index in [9.17, 15) is 9.18 Å². The van der Waals surface area contributed by atoms with E-state index in [0.717, 1.165) is 25.0 Å². The first-order valence-corrected chi connectivity index (χ1v) is 7.98. The van der Waals surface area contributed by atoms with Crippen molar-refractivity contribution >= 4 is 40.3 Å². The number of amides is 1. The van der Waals surface area contributed by atoms with Gasteiger partial charge in [-0.3, -0.25) is 9.69 Å². The first-order chi connectivity index (χ1) is 10.1. The van der Waals surface area contributed by atoms with E-state index in [0.29, 0.717) is 15.8 Å². The van der Waals surface area contributed by atoms with Crippen LogP contribution in [0.4, 0.5) is 4.39 Å². The average molecular weight is 323 g/mol. The van der Waals surface area contributed by atoms with Crippen LogP contribution in [0.2, 0.25) is 0 Å². The lowest BCUT2D eigenvalue weighted by Gasteiger charge is -2.18. The summed E-state index contributed by atoms with van der Waals surface area (Å²) in [4.78, 5) is 14.6. The molecule has 21 heavy (non-hydrogen) atoms. The Hall–Kier alpha value is -1.24. The average Bonchev–Trinajstić information content (AvgIpc) is 3.06. The quantitative estimate of drug-likeness (QED) is 0.631. The number of rotatable bonds is 3. The highest BCUT2D eigenvalue weighted by Gasteiger charge is 2.34. The van der Waals surface area contributed by atoms with Crippen LogP contribution in [0.1, 0.15) is 18.4 Å². The molecule has 2 aliphatic heterocycles. The van der Waals surface area contributed by atoms with E-state index in [4.69, 9.17) is 17.0 Å². The van der Waals surface area contributed by atoms with E-state index < -0.39 is 0 Å². The number of ether oxygens (including phenoxy) is 1. The van der Waals surface area contributed by atoms with E-state index in [2.05, 4.69) is 0 Å². The van der Waals surface area contributed by atoms with Crippen molar-refractivity contribution < 1.29 is 13.9 Å². The molecule has 0 saturated carbocycles. The molecule has 3 rings (SSSR count). The summed E-state index contributed by atoms with van der Waals surface area (Å²) in [6.45, 7) is 1.27. The predicted molar refractivity (Wildman–Crippen MR) is 85.3 cm³/mol. The van der Waals surface area contributed by atoms with Crippen molar-refractivity contribution in [2.75, 3.05) is 13.2 Å². The maximum absolute atomic E-state index is 12.9. The number of hydrogen-bond acceptors (Lipinski definition) is 4. The Morgan fingerprint density at radius 2 is 2.19 bits per heavy atom. The monoisotopic (exact) mass is 323 g/mol. The van der Waals surface area contributed by atoms with Crippen molar-refractivity contribution in [1.29, 1.82) is 0 Å². The molecule has 0 unspecified atom stereocenters. The molecule has 2 fully saturated rings. The topological polar surface area (TPSA) is 29.5 Å². The number of thioether (sulfide) groups is 1. The van der Waals surface area contributed by atoms with Gasteiger partial charge in [-0.25, -0.2) is 4.39 Å². The summed E-state index contributed by atoms with van der Waals surface area (Å²) in [5, 5.41) is 0. The van der Waals surface area contributed by atoms with E-state index in [1.165, 1.54) is 23.9 Å². The first kappa shape index (κ1) is 14.7. The highest BCUT2D eigenvalue weighted by atomic mass is 32.2. The number of halogens is 1. The smallest absolute Gasteiger partial charge is 0.266 e. The minimum atomic E-state index is -0.293. The lowest BCUT2D eigenvalue weighted by atomic mass is 10.2. The fraction of sp³-hybridized carbons (Fsp3) is 0.333. The molecule has 0 spiro atoms. The molecular weight excluding hydrogens is 309 g/mol. The molecule has 0 bridgehead atoms. The Morgan fingerprint density at radius 3 is 2.86 bits per heavy atom. The Bertz CT molecular complexity index is 594. The van der Waals surface area contributed by atoms with E-state index in [1.54, 1.807) is 23.1 Å². The van der Waals surface area contributed by atoms with Gasteiger partial charge >= 0.3 is 0 Å². The van der Waals surface area contributed by atoms with Gasteiger partial charge in [-0.2, -0.15) is 0 Å². The Balaban J connectivity index is 1.74. The zero-order valence-electron chi connectivity index (χ0n) is 11.3. The van der Waals surface area contributed by atoms with Gasteiger partial charge in [0.05, 0.1) is 17.6 Å². The zero-order valence-corrected chi connectivity index (χ0v) is 12.9. The molecule has 6 heteroatoms. The molecule has 1 aromatic rings. The summed E-state index contributed by atoms with van der Waals surface area (Å²) in [7, 11) is 0. The minimum absolute atomic E-state index is 0.0812. The van der Waals surface area contributed by atoms with E-state index >= 15 is 0 Å². The van der Waals surface area contributed by atoms with Crippen molar-refractivity contribution in [2.24, 2.45) is 0 Å². The van der Waals surface area contributed by atoms with Crippen molar-refractivity contribution in [1.82, 2.24) is 4.90 Å². The lowest BCUT2D eigenvalue weighted by Crippen LogP contribution is -2.35. The van der Waals surface area contributed by atoms with Crippen LogP contribution in [-0.2, 0) is 9.53 Å². The van der Waals surface area contributed by atoms with Crippen LogP contribution in [-0.4, -0.2) is 34.4 Å². The number of hydrogen-bond donors (Lipinski definition) is 0. The van der Waals surface area contributed by atoms with Crippen LogP contribution in [0, 0.1) is 5.82 Å². The van der Waals surface area contributed by atoms with E-state index in [-0.39, 0.29) is 17.8 Å². The second kappa shape index (κ2) is 6.25. The van der Waals surface area contributed by atoms with Gasteiger partial charge in [-0.1, -0.05) is 36.1 Å². The number of nitrogens with zero attached hydrogens (tertiary/aromatic N) is 1. The van der Waals surface area contributed by atoms with Crippen molar-refractivity contribution in [3.8, 4) is 0 Å². The van der Waals surface area contributed by atoms with Gasteiger partial charge in [0.1, 0.15) is 10.1 Å². The molecule has 1 atom stereocenters. The highest BCUT2D eigenvalue weighted by Crippen LogP contribution is 2.33. The molecule has 2 aliphatic rings. The highest BCUT2D eigenvalue weighted by molar-refractivity contribution is 8.26. The molecule has 0 aliphatic carbocycles. The van der Waals surface area contributed by atoms with E-state index in [1.807, 2.05) is 0 Å². The van der Waals surface area contributed by atoms with Gasteiger partial charge in [-0.05, 0) is 36.6 Å². The van der Waals surface area contributed by atoms with Gasteiger partial charge in [0.2, 0.25) is 0 Å². The van der Waals surface area contributed by atoms with Crippen molar-refractivity contribution in [3.05, 3.63) is 40.6 Å². The molecule has 0 aromatic heterocycles. The number of thiocarbonyl (C=S) groups is 1. The maximum Gasteiger partial charge on any atom is 0.266 e. The summed E-state index contributed by atoms with van der Waals surface area (Å²) in [5.41, 5.74) is 0.786. The van der Waals surface area contributed by atoms with Gasteiger partial charge in [0, 0.05) is 6.61 Å². The number of carbonyl (C=O) groups excluding carboxylic acids is 1. The lowest BCUT2D eigenvalue weighted by molar-refractivity contribution is -0.123. The summed E-state index contributed by atoms with van der Waals surface area (Å²) < 4.78 is 19.0. The summed E-state index contributed by atoms with van der Waals surface area (Å²) in [6.07, 6.45) is 3.82. The van der Waals surface area contributed by atoms with Crippen LogP contribution in [0.5, 0.6) is 0 Å².